The molecular formula is C30H39N5O4S. The minimum absolute atomic E-state index is 0.00441. The van der Waals surface area contributed by atoms with Crippen molar-refractivity contribution in [2.75, 3.05) is 17.7 Å². The third kappa shape index (κ3) is 7.50. The Bertz CT molecular complexity index is 1260. The molecule has 5 N–H and O–H groups in total. The van der Waals surface area contributed by atoms with Crippen LogP contribution in [-0.4, -0.2) is 42.2 Å². The van der Waals surface area contributed by atoms with E-state index in [9.17, 15) is 14.4 Å². The molecule has 0 radical (unpaired) electrons. The number of nitrogens with one attached hydrogen (secondary N) is 5. The number of carbonyl (C=O) groups excluding carboxylic acids is 3. The van der Waals surface area contributed by atoms with Crippen molar-refractivity contribution < 1.29 is 19.1 Å². The highest BCUT2D eigenvalue weighted by Crippen LogP contribution is 2.33. The molecule has 1 heterocycles. The Labute approximate surface area is 241 Å². The van der Waals surface area contributed by atoms with E-state index in [1.54, 1.807) is 30.3 Å². The SMILES string of the molecule is COc1cc(NC(=S)NC(=O)c2ccc(C(C)(C)C)cc2)ccc1NC(=O)CCCCC1CCC2NC(=O)NC12. The van der Waals surface area contributed by atoms with Crippen LogP contribution in [0.2, 0.25) is 0 Å². The Morgan fingerprint density at radius 2 is 1.77 bits per heavy atom. The van der Waals surface area contributed by atoms with E-state index in [4.69, 9.17) is 17.0 Å². The number of fused-ring (bicyclic) bond motifs is 1. The molecule has 3 atom stereocenters. The lowest BCUT2D eigenvalue weighted by molar-refractivity contribution is -0.116. The maximum Gasteiger partial charge on any atom is 0.315 e. The molecule has 40 heavy (non-hydrogen) atoms. The van der Waals surface area contributed by atoms with Crippen LogP contribution in [0.15, 0.2) is 42.5 Å². The minimum atomic E-state index is -0.300. The molecule has 3 unspecified atom stereocenters. The van der Waals surface area contributed by atoms with E-state index in [2.05, 4.69) is 47.4 Å². The molecule has 2 aromatic carbocycles. The van der Waals surface area contributed by atoms with Crippen molar-refractivity contribution in [2.24, 2.45) is 5.92 Å². The fourth-order valence-electron chi connectivity index (χ4n) is 5.38. The van der Waals surface area contributed by atoms with Gasteiger partial charge in [-0.25, -0.2) is 4.79 Å². The zero-order valence-corrected chi connectivity index (χ0v) is 24.4. The van der Waals surface area contributed by atoms with E-state index in [1.807, 2.05) is 12.1 Å². The van der Waals surface area contributed by atoms with E-state index >= 15 is 0 Å². The van der Waals surface area contributed by atoms with Crippen LogP contribution < -0.4 is 31.3 Å². The van der Waals surface area contributed by atoms with Gasteiger partial charge in [0.2, 0.25) is 5.91 Å². The Balaban J connectivity index is 1.22. The number of amides is 4. The number of anilines is 2. The molecule has 1 saturated carbocycles. The normalized spacial score (nSPS) is 19.7. The summed E-state index contributed by atoms with van der Waals surface area (Å²) in [7, 11) is 1.53. The second-order valence-corrected chi connectivity index (χ2v) is 11.9. The summed E-state index contributed by atoms with van der Waals surface area (Å²) < 4.78 is 5.47. The van der Waals surface area contributed by atoms with E-state index < -0.39 is 0 Å². The van der Waals surface area contributed by atoms with Gasteiger partial charge in [0.1, 0.15) is 5.75 Å². The third-order valence-corrected chi connectivity index (χ3v) is 7.81. The number of hydrogen-bond acceptors (Lipinski definition) is 5. The number of rotatable bonds is 9. The molecule has 0 aromatic heterocycles. The lowest BCUT2D eigenvalue weighted by Crippen LogP contribution is -2.34. The summed E-state index contributed by atoms with van der Waals surface area (Å²) in [6, 6.07) is 13.1. The molecule has 0 spiro atoms. The Morgan fingerprint density at radius 1 is 1.02 bits per heavy atom. The molecule has 2 fully saturated rings. The lowest BCUT2D eigenvalue weighted by atomic mass is 9.87. The standard InChI is InChI=1S/C30H39N5O4S/c1-30(2,3)20-12-9-19(10-13-20)27(37)35-29(40)31-21-14-16-22(24(17-21)39-4)32-25(36)8-6-5-7-18-11-15-23-26(18)34-28(38)33-23/h9-10,12-14,16-18,23,26H,5-8,11,15H2,1-4H3,(H,32,36)(H2,33,34,38)(H2,31,35,37,40). The highest BCUT2D eigenvalue weighted by atomic mass is 32.1. The van der Waals surface area contributed by atoms with Gasteiger partial charge in [0, 0.05) is 23.7 Å². The van der Waals surface area contributed by atoms with E-state index in [0.717, 1.165) is 37.7 Å². The minimum Gasteiger partial charge on any atom is -0.494 e. The van der Waals surface area contributed by atoms with Crippen molar-refractivity contribution in [3.05, 3.63) is 53.6 Å². The molecule has 1 aliphatic carbocycles. The average molecular weight is 566 g/mol. The average Bonchev–Trinajstić information content (AvgIpc) is 3.46. The van der Waals surface area contributed by atoms with Crippen molar-refractivity contribution >= 4 is 46.6 Å². The molecule has 4 rings (SSSR count). The van der Waals surface area contributed by atoms with Crippen LogP contribution in [0, 0.1) is 5.92 Å². The summed E-state index contributed by atoms with van der Waals surface area (Å²) in [5.41, 5.74) is 2.84. The summed E-state index contributed by atoms with van der Waals surface area (Å²) >= 11 is 5.33. The van der Waals surface area contributed by atoms with E-state index in [-0.39, 0.29) is 40.5 Å². The second-order valence-electron chi connectivity index (χ2n) is 11.5. The van der Waals surface area contributed by atoms with Crippen LogP contribution in [0.5, 0.6) is 5.75 Å². The maximum atomic E-state index is 12.6. The number of ether oxygens (including phenoxy) is 1. The van der Waals surface area contributed by atoms with Gasteiger partial charge in [0.15, 0.2) is 5.11 Å². The fraction of sp³-hybridized carbons (Fsp3) is 0.467. The first-order valence-corrected chi connectivity index (χ1v) is 14.2. The molecule has 10 heteroatoms. The summed E-state index contributed by atoms with van der Waals surface area (Å²) in [6.45, 7) is 6.36. The first kappa shape index (κ1) is 29.3. The van der Waals surface area contributed by atoms with E-state index in [1.165, 1.54) is 7.11 Å². The molecule has 9 nitrogen and oxygen atoms in total. The summed E-state index contributed by atoms with van der Waals surface area (Å²) in [4.78, 5) is 36.7. The number of carbonyl (C=O) groups is 3. The Kier molecular flexibility index (Phi) is 9.29. The van der Waals surface area contributed by atoms with E-state index in [0.29, 0.717) is 35.0 Å². The predicted molar refractivity (Wildman–Crippen MR) is 161 cm³/mol. The lowest BCUT2D eigenvalue weighted by Gasteiger charge is -2.19. The van der Waals surface area contributed by atoms with Crippen molar-refractivity contribution in [3.63, 3.8) is 0 Å². The molecule has 2 aliphatic rings. The van der Waals surface area contributed by atoms with Crippen LogP contribution in [-0.2, 0) is 10.2 Å². The van der Waals surface area contributed by atoms with Gasteiger partial charge in [0.05, 0.1) is 24.9 Å². The largest absolute Gasteiger partial charge is 0.494 e. The van der Waals surface area contributed by atoms with Crippen LogP contribution in [0.25, 0.3) is 0 Å². The van der Waals surface area contributed by atoms with Crippen LogP contribution >= 0.6 is 12.2 Å². The quantitative estimate of drug-likeness (QED) is 0.214. The van der Waals surface area contributed by atoms with Crippen molar-refractivity contribution in [2.45, 2.75) is 76.8 Å². The third-order valence-electron chi connectivity index (χ3n) is 7.61. The molecule has 1 saturated heterocycles. The smallest absolute Gasteiger partial charge is 0.315 e. The summed E-state index contributed by atoms with van der Waals surface area (Å²) in [5.74, 6) is 0.564. The fourth-order valence-corrected chi connectivity index (χ4v) is 5.59. The number of unbranched alkanes of at least 4 members (excludes halogenated alkanes) is 1. The van der Waals surface area contributed by atoms with Crippen molar-refractivity contribution in [3.8, 4) is 5.75 Å². The van der Waals surface area contributed by atoms with Gasteiger partial charge in [-0.05, 0) is 79.1 Å². The maximum absolute atomic E-state index is 12.6. The molecular weight excluding hydrogens is 526 g/mol. The van der Waals surface area contributed by atoms with Gasteiger partial charge in [0.25, 0.3) is 5.91 Å². The highest BCUT2D eigenvalue weighted by molar-refractivity contribution is 7.80. The predicted octanol–water partition coefficient (Wildman–Crippen LogP) is 5.08. The molecule has 0 bridgehead atoms. The Morgan fingerprint density at radius 3 is 2.48 bits per heavy atom. The van der Waals surface area contributed by atoms with Crippen LogP contribution in [0.3, 0.4) is 0 Å². The highest BCUT2D eigenvalue weighted by Gasteiger charge is 2.41. The number of methoxy groups -OCH3 is 1. The van der Waals surface area contributed by atoms with Gasteiger partial charge in [-0.3, -0.25) is 14.9 Å². The number of hydrogen-bond donors (Lipinski definition) is 5. The zero-order valence-electron chi connectivity index (χ0n) is 23.6. The topological polar surface area (TPSA) is 121 Å². The van der Waals surface area contributed by atoms with Gasteiger partial charge in [-0.2, -0.15) is 0 Å². The summed E-state index contributed by atoms with van der Waals surface area (Å²) in [6.07, 6.45) is 5.23. The Hall–Kier alpha value is -3.66. The van der Waals surface area contributed by atoms with Gasteiger partial charge < -0.3 is 26.0 Å². The zero-order chi connectivity index (χ0) is 28.9. The number of urea groups is 1. The monoisotopic (exact) mass is 565 g/mol. The van der Waals surface area contributed by atoms with Crippen LogP contribution in [0.4, 0.5) is 16.2 Å². The molecule has 4 amide bonds. The number of benzene rings is 2. The first-order valence-electron chi connectivity index (χ1n) is 13.8. The van der Waals surface area contributed by atoms with Gasteiger partial charge in [-0.15, -0.1) is 0 Å². The van der Waals surface area contributed by atoms with Crippen LogP contribution in [0.1, 0.15) is 75.2 Å². The summed E-state index contributed by atoms with van der Waals surface area (Å²) in [5, 5.41) is 14.8. The van der Waals surface area contributed by atoms with Gasteiger partial charge >= 0.3 is 6.03 Å². The first-order chi connectivity index (χ1) is 19.0. The van der Waals surface area contributed by atoms with Crippen molar-refractivity contribution in [1.82, 2.24) is 16.0 Å². The molecule has 2 aromatic rings. The van der Waals surface area contributed by atoms with Crippen molar-refractivity contribution in [1.29, 1.82) is 0 Å². The van der Waals surface area contributed by atoms with Gasteiger partial charge in [-0.1, -0.05) is 39.3 Å². The molecule has 1 aliphatic heterocycles. The number of thiocarbonyl (C=S) groups is 1. The molecule has 214 valence electrons. The second kappa shape index (κ2) is 12.7.